The molecule has 1 saturated heterocycles. The third-order valence-electron chi connectivity index (χ3n) is 1.86. The fourth-order valence-corrected chi connectivity index (χ4v) is 1.77. The molecule has 0 spiro atoms. The van der Waals surface area contributed by atoms with Crippen LogP contribution in [-0.4, -0.2) is 49.5 Å². The highest BCUT2D eigenvalue weighted by Gasteiger charge is 2.11. The molecular weight excluding hydrogens is 160 g/mol. The van der Waals surface area contributed by atoms with Crippen LogP contribution < -0.4 is 0 Å². The van der Waals surface area contributed by atoms with E-state index in [0.717, 1.165) is 19.6 Å². The molecule has 0 bridgehead atoms. The molecule has 1 rings (SSSR count). The second kappa shape index (κ2) is 4.98. The van der Waals surface area contributed by atoms with Gasteiger partial charge in [0.1, 0.15) is 0 Å². The van der Waals surface area contributed by atoms with Gasteiger partial charge in [-0.1, -0.05) is 0 Å². The van der Waals surface area contributed by atoms with Gasteiger partial charge < -0.3 is 9.08 Å². The van der Waals surface area contributed by atoms with Crippen molar-refractivity contribution < 1.29 is 4.18 Å². The predicted molar refractivity (Wildman–Crippen MR) is 48.3 cm³/mol. The first-order valence-corrected chi connectivity index (χ1v) is 4.67. The first kappa shape index (κ1) is 9.32. The van der Waals surface area contributed by atoms with Crippen LogP contribution in [0.15, 0.2) is 0 Å². The van der Waals surface area contributed by atoms with Gasteiger partial charge in [-0.3, -0.25) is 0 Å². The molecular formula is C7H16N2OS. The van der Waals surface area contributed by atoms with Gasteiger partial charge in [-0.05, 0) is 20.0 Å². The summed E-state index contributed by atoms with van der Waals surface area (Å²) in [6.07, 6.45) is 1.24. The first-order chi connectivity index (χ1) is 5.33. The van der Waals surface area contributed by atoms with E-state index in [4.69, 9.17) is 4.18 Å². The molecule has 1 aliphatic rings. The van der Waals surface area contributed by atoms with Crippen LogP contribution in [0.3, 0.4) is 0 Å². The SMILES string of the molecule is COSN1CCCN(C)CC1. The molecule has 0 radical (unpaired) electrons. The van der Waals surface area contributed by atoms with Crippen molar-refractivity contribution in [3.8, 4) is 0 Å². The van der Waals surface area contributed by atoms with Crippen molar-refractivity contribution in [2.45, 2.75) is 6.42 Å². The van der Waals surface area contributed by atoms with Gasteiger partial charge in [0.15, 0.2) is 0 Å². The Morgan fingerprint density at radius 1 is 1.18 bits per heavy atom. The minimum atomic E-state index is 1.11. The number of likely N-dealkylation sites (N-methyl/N-ethyl adjacent to an activating group) is 1. The molecule has 0 amide bonds. The Hall–Kier alpha value is 0.230. The fraction of sp³-hybridized carbons (Fsp3) is 1.00. The van der Waals surface area contributed by atoms with E-state index in [0.29, 0.717) is 0 Å². The summed E-state index contributed by atoms with van der Waals surface area (Å²) >= 11 is 1.47. The second-order valence-electron chi connectivity index (χ2n) is 2.83. The molecule has 0 aliphatic carbocycles. The Morgan fingerprint density at radius 3 is 2.73 bits per heavy atom. The quantitative estimate of drug-likeness (QED) is 0.457. The van der Waals surface area contributed by atoms with Gasteiger partial charge in [0, 0.05) is 19.6 Å². The highest BCUT2D eigenvalue weighted by Crippen LogP contribution is 2.12. The van der Waals surface area contributed by atoms with E-state index in [9.17, 15) is 0 Å². The van der Waals surface area contributed by atoms with Gasteiger partial charge in [-0.2, -0.15) is 0 Å². The molecule has 11 heavy (non-hydrogen) atoms. The van der Waals surface area contributed by atoms with Crippen molar-refractivity contribution in [1.82, 2.24) is 9.21 Å². The lowest BCUT2D eigenvalue weighted by atomic mass is 10.4. The second-order valence-corrected chi connectivity index (χ2v) is 3.83. The van der Waals surface area contributed by atoms with Crippen LogP contribution in [0.5, 0.6) is 0 Å². The fourth-order valence-electron chi connectivity index (χ4n) is 1.20. The molecule has 0 N–H and O–H groups in total. The van der Waals surface area contributed by atoms with Gasteiger partial charge in [0.05, 0.1) is 19.3 Å². The summed E-state index contributed by atoms with van der Waals surface area (Å²) in [6.45, 7) is 4.61. The summed E-state index contributed by atoms with van der Waals surface area (Å²) in [5, 5.41) is 0. The van der Waals surface area contributed by atoms with Crippen molar-refractivity contribution in [2.75, 3.05) is 40.3 Å². The van der Waals surface area contributed by atoms with E-state index in [1.165, 1.54) is 25.2 Å². The third-order valence-corrected chi connectivity index (χ3v) is 2.58. The molecule has 1 fully saturated rings. The van der Waals surface area contributed by atoms with E-state index < -0.39 is 0 Å². The van der Waals surface area contributed by atoms with Crippen molar-refractivity contribution in [3.63, 3.8) is 0 Å². The predicted octanol–water partition coefficient (Wildman–Crippen LogP) is 0.834. The van der Waals surface area contributed by atoms with Gasteiger partial charge in [-0.15, -0.1) is 0 Å². The van der Waals surface area contributed by atoms with E-state index >= 15 is 0 Å². The zero-order valence-corrected chi connectivity index (χ0v) is 8.06. The highest BCUT2D eigenvalue weighted by atomic mass is 32.2. The maximum Gasteiger partial charge on any atom is 0.0816 e. The van der Waals surface area contributed by atoms with Crippen LogP contribution in [-0.2, 0) is 4.18 Å². The lowest BCUT2D eigenvalue weighted by Crippen LogP contribution is -2.24. The minimum Gasteiger partial charge on any atom is -0.305 e. The smallest absolute Gasteiger partial charge is 0.0816 e. The van der Waals surface area contributed by atoms with Crippen LogP contribution in [0.2, 0.25) is 0 Å². The number of hydrogen-bond acceptors (Lipinski definition) is 4. The normalized spacial score (nSPS) is 23.5. The molecule has 66 valence electrons. The number of nitrogens with zero attached hydrogens (tertiary/aromatic N) is 2. The molecule has 0 aromatic rings. The Morgan fingerprint density at radius 2 is 2.00 bits per heavy atom. The van der Waals surface area contributed by atoms with E-state index in [2.05, 4.69) is 16.3 Å². The summed E-state index contributed by atoms with van der Waals surface area (Å²) in [5.41, 5.74) is 0. The molecule has 1 aliphatic heterocycles. The molecule has 0 aromatic carbocycles. The lowest BCUT2D eigenvalue weighted by molar-refractivity contribution is 0.347. The average Bonchev–Trinajstić information content (AvgIpc) is 2.17. The van der Waals surface area contributed by atoms with Crippen LogP contribution in [0.4, 0.5) is 0 Å². The zero-order chi connectivity index (χ0) is 8.10. The average molecular weight is 176 g/mol. The molecule has 0 unspecified atom stereocenters. The van der Waals surface area contributed by atoms with E-state index in [1.54, 1.807) is 7.11 Å². The molecule has 0 atom stereocenters. The third kappa shape index (κ3) is 3.42. The highest BCUT2D eigenvalue weighted by molar-refractivity contribution is 7.92. The van der Waals surface area contributed by atoms with Crippen LogP contribution in [0.1, 0.15) is 6.42 Å². The summed E-state index contributed by atoms with van der Waals surface area (Å²) in [7, 11) is 3.89. The minimum absolute atomic E-state index is 1.11. The molecule has 1 heterocycles. The standard InChI is InChI=1S/C7H16N2OS/c1-8-4-3-5-9(7-6-8)11-10-2/h3-7H2,1-2H3. The monoisotopic (exact) mass is 176 g/mol. The maximum atomic E-state index is 5.00. The summed E-state index contributed by atoms with van der Waals surface area (Å²) < 4.78 is 7.26. The van der Waals surface area contributed by atoms with Crippen LogP contribution in [0.25, 0.3) is 0 Å². The Bertz CT molecular complexity index is 113. The van der Waals surface area contributed by atoms with Crippen LogP contribution in [0, 0.1) is 0 Å². The zero-order valence-electron chi connectivity index (χ0n) is 7.25. The largest absolute Gasteiger partial charge is 0.305 e. The summed E-state index contributed by atoms with van der Waals surface area (Å²) in [4.78, 5) is 2.36. The van der Waals surface area contributed by atoms with Crippen LogP contribution >= 0.6 is 12.2 Å². The van der Waals surface area contributed by atoms with Crippen molar-refractivity contribution >= 4 is 12.2 Å². The van der Waals surface area contributed by atoms with Gasteiger partial charge >= 0.3 is 0 Å². The molecule has 0 aromatic heterocycles. The van der Waals surface area contributed by atoms with E-state index in [-0.39, 0.29) is 0 Å². The molecule has 0 saturated carbocycles. The van der Waals surface area contributed by atoms with E-state index in [1.807, 2.05) is 0 Å². The van der Waals surface area contributed by atoms with Gasteiger partial charge in [0.25, 0.3) is 0 Å². The van der Waals surface area contributed by atoms with Gasteiger partial charge in [0.2, 0.25) is 0 Å². The Kier molecular flexibility index (Phi) is 4.22. The van der Waals surface area contributed by atoms with Crippen molar-refractivity contribution in [3.05, 3.63) is 0 Å². The van der Waals surface area contributed by atoms with Crippen molar-refractivity contribution in [1.29, 1.82) is 0 Å². The Labute approximate surface area is 73.0 Å². The number of hydrogen-bond donors (Lipinski definition) is 0. The van der Waals surface area contributed by atoms with Crippen molar-refractivity contribution in [2.24, 2.45) is 0 Å². The first-order valence-electron chi connectivity index (χ1n) is 3.97. The summed E-state index contributed by atoms with van der Waals surface area (Å²) in [5.74, 6) is 0. The molecule has 4 heteroatoms. The topological polar surface area (TPSA) is 15.7 Å². The molecule has 3 nitrogen and oxygen atoms in total. The Balaban J connectivity index is 2.22. The lowest BCUT2D eigenvalue weighted by Gasteiger charge is -2.15. The van der Waals surface area contributed by atoms with Gasteiger partial charge in [-0.25, -0.2) is 4.31 Å². The maximum absolute atomic E-state index is 5.00. The summed E-state index contributed by atoms with van der Waals surface area (Å²) in [6, 6.07) is 0. The number of rotatable bonds is 2.